The van der Waals surface area contributed by atoms with E-state index in [9.17, 15) is 13.2 Å². The molecule has 0 aliphatic rings. The molecule has 0 saturated heterocycles. The summed E-state index contributed by atoms with van der Waals surface area (Å²) in [5.41, 5.74) is 1.63. The first-order valence-electron chi connectivity index (χ1n) is 7.06. The van der Waals surface area contributed by atoms with E-state index < -0.39 is 15.7 Å². The Balaban J connectivity index is 1.90. The second-order valence-electron chi connectivity index (χ2n) is 5.42. The van der Waals surface area contributed by atoms with Gasteiger partial charge in [0.05, 0.1) is 9.92 Å². The number of carbonyl (C=O) groups is 1. The van der Waals surface area contributed by atoms with Crippen LogP contribution in [-0.4, -0.2) is 20.6 Å². The maximum atomic E-state index is 12.4. The van der Waals surface area contributed by atoms with Crippen molar-refractivity contribution >= 4 is 44.0 Å². The average Bonchev–Trinajstić information content (AvgIpc) is 2.86. The minimum Gasteiger partial charge on any atom is -0.449 e. The fourth-order valence-electron chi connectivity index (χ4n) is 2.40. The molecule has 24 heavy (non-hydrogen) atoms. The van der Waals surface area contributed by atoms with Gasteiger partial charge in [0.2, 0.25) is 0 Å². The van der Waals surface area contributed by atoms with Crippen LogP contribution in [0, 0.1) is 6.92 Å². The van der Waals surface area contributed by atoms with Crippen LogP contribution in [0.15, 0.2) is 51.8 Å². The average molecular weight is 364 g/mol. The number of sulfone groups is 1. The highest BCUT2D eigenvalue weighted by atomic mass is 35.5. The van der Waals surface area contributed by atoms with Gasteiger partial charge in [0.25, 0.3) is 5.91 Å². The molecule has 5 nitrogen and oxygen atoms in total. The highest BCUT2D eigenvalue weighted by Gasteiger charge is 2.19. The van der Waals surface area contributed by atoms with Crippen LogP contribution >= 0.6 is 11.6 Å². The fourth-order valence-corrected chi connectivity index (χ4v) is 3.24. The number of amides is 1. The zero-order chi connectivity index (χ0) is 17.5. The number of hydrogen-bond acceptors (Lipinski definition) is 4. The molecule has 0 aliphatic heterocycles. The Morgan fingerprint density at radius 2 is 1.79 bits per heavy atom. The van der Waals surface area contributed by atoms with Gasteiger partial charge in [-0.15, -0.1) is 0 Å². The number of fused-ring (bicyclic) bond motifs is 1. The monoisotopic (exact) mass is 363 g/mol. The van der Waals surface area contributed by atoms with Crippen molar-refractivity contribution in [3.63, 3.8) is 0 Å². The van der Waals surface area contributed by atoms with Gasteiger partial charge < -0.3 is 9.73 Å². The molecule has 0 aliphatic carbocycles. The number of furan rings is 1. The van der Waals surface area contributed by atoms with Gasteiger partial charge in [0.15, 0.2) is 21.2 Å². The van der Waals surface area contributed by atoms with Crippen LogP contribution in [0.4, 0.5) is 5.69 Å². The van der Waals surface area contributed by atoms with Crippen molar-refractivity contribution in [2.45, 2.75) is 11.8 Å². The summed E-state index contributed by atoms with van der Waals surface area (Å²) < 4.78 is 28.5. The molecule has 1 N–H and O–H groups in total. The van der Waals surface area contributed by atoms with Crippen LogP contribution < -0.4 is 5.32 Å². The van der Waals surface area contributed by atoms with Crippen molar-refractivity contribution in [3.05, 3.63) is 58.8 Å². The van der Waals surface area contributed by atoms with E-state index in [-0.39, 0.29) is 10.7 Å². The third-order valence-electron chi connectivity index (χ3n) is 3.66. The predicted octanol–water partition coefficient (Wildman–Crippen LogP) is 4.05. The smallest absolute Gasteiger partial charge is 0.291 e. The number of aryl methyl sites for hydroxylation is 1. The summed E-state index contributed by atoms with van der Waals surface area (Å²) in [6.07, 6.45) is 1.13. The number of para-hydroxylation sites is 1. The third kappa shape index (κ3) is 3.02. The van der Waals surface area contributed by atoms with Gasteiger partial charge in [-0.3, -0.25) is 4.79 Å². The van der Waals surface area contributed by atoms with Crippen molar-refractivity contribution in [1.29, 1.82) is 0 Å². The number of carbonyl (C=O) groups excluding carboxylic acids is 1. The van der Waals surface area contributed by atoms with E-state index in [1.54, 1.807) is 19.1 Å². The zero-order valence-electron chi connectivity index (χ0n) is 13.0. The standard InChI is InChI=1S/C17H14ClNO4S/c1-10-13-4-3-5-14(18)16(13)23-15(10)17(20)19-11-6-8-12(9-7-11)24(2,21)22/h3-9H,1-2H3,(H,19,20). The van der Waals surface area contributed by atoms with Crippen LogP contribution in [0.5, 0.6) is 0 Å². The molecule has 0 spiro atoms. The Morgan fingerprint density at radius 1 is 1.12 bits per heavy atom. The van der Waals surface area contributed by atoms with Crippen LogP contribution in [0.3, 0.4) is 0 Å². The number of hydrogen-bond donors (Lipinski definition) is 1. The molecule has 0 saturated carbocycles. The second-order valence-corrected chi connectivity index (χ2v) is 7.85. The second kappa shape index (κ2) is 5.96. The molecule has 3 aromatic rings. The fraction of sp³-hybridized carbons (Fsp3) is 0.118. The van der Waals surface area contributed by atoms with Crippen molar-refractivity contribution in [2.75, 3.05) is 11.6 Å². The van der Waals surface area contributed by atoms with Gasteiger partial charge in [0, 0.05) is 22.9 Å². The molecule has 0 radical (unpaired) electrons. The van der Waals surface area contributed by atoms with Crippen molar-refractivity contribution in [2.24, 2.45) is 0 Å². The summed E-state index contributed by atoms with van der Waals surface area (Å²) in [5.74, 6) is -0.253. The molecule has 3 rings (SSSR count). The summed E-state index contributed by atoms with van der Waals surface area (Å²) in [6.45, 7) is 1.78. The van der Waals surface area contributed by atoms with Gasteiger partial charge in [-0.1, -0.05) is 23.7 Å². The first-order chi connectivity index (χ1) is 11.3. The lowest BCUT2D eigenvalue weighted by molar-refractivity contribution is 0.0998. The van der Waals surface area contributed by atoms with Crippen LogP contribution in [0.2, 0.25) is 5.02 Å². The Labute approximate surface area is 144 Å². The first-order valence-corrected chi connectivity index (χ1v) is 9.33. The van der Waals surface area contributed by atoms with Gasteiger partial charge in [-0.2, -0.15) is 0 Å². The molecule has 124 valence electrons. The molecule has 0 atom stereocenters. The van der Waals surface area contributed by atoms with E-state index in [1.165, 1.54) is 24.3 Å². The molecule has 1 heterocycles. The minimum atomic E-state index is -3.27. The Morgan fingerprint density at radius 3 is 2.38 bits per heavy atom. The van der Waals surface area contributed by atoms with Crippen molar-refractivity contribution < 1.29 is 17.6 Å². The summed E-state index contributed by atoms with van der Waals surface area (Å²) in [7, 11) is -3.27. The number of nitrogens with one attached hydrogen (secondary N) is 1. The van der Waals surface area contributed by atoms with Crippen LogP contribution in [0.1, 0.15) is 16.1 Å². The van der Waals surface area contributed by atoms with Gasteiger partial charge >= 0.3 is 0 Å². The number of anilines is 1. The number of benzene rings is 2. The third-order valence-corrected chi connectivity index (χ3v) is 5.09. The molecule has 1 amide bonds. The van der Waals surface area contributed by atoms with Crippen molar-refractivity contribution in [3.8, 4) is 0 Å². The maximum Gasteiger partial charge on any atom is 0.291 e. The molecule has 7 heteroatoms. The zero-order valence-corrected chi connectivity index (χ0v) is 14.5. The summed E-state index contributed by atoms with van der Waals surface area (Å²) in [6, 6.07) is 11.2. The topological polar surface area (TPSA) is 76.4 Å². The van der Waals surface area contributed by atoms with E-state index >= 15 is 0 Å². The molecule has 0 unspecified atom stereocenters. The Bertz CT molecular complexity index is 1040. The quantitative estimate of drug-likeness (QED) is 0.761. The number of rotatable bonds is 3. The molecular weight excluding hydrogens is 350 g/mol. The lowest BCUT2D eigenvalue weighted by Crippen LogP contribution is -2.12. The van der Waals surface area contributed by atoms with E-state index in [4.69, 9.17) is 16.0 Å². The lowest BCUT2D eigenvalue weighted by Gasteiger charge is -2.05. The molecule has 2 aromatic carbocycles. The van der Waals surface area contributed by atoms with Gasteiger partial charge in [-0.05, 0) is 37.3 Å². The van der Waals surface area contributed by atoms with Gasteiger partial charge in [-0.25, -0.2) is 8.42 Å². The molecular formula is C17H14ClNO4S. The highest BCUT2D eigenvalue weighted by Crippen LogP contribution is 2.31. The van der Waals surface area contributed by atoms with Crippen LogP contribution in [-0.2, 0) is 9.84 Å². The minimum absolute atomic E-state index is 0.172. The normalized spacial score (nSPS) is 11.6. The molecule has 0 bridgehead atoms. The Kier molecular flexibility index (Phi) is 4.11. The van der Waals surface area contributed by atoms with E-state index in [0.29, 0.717) is 21.9 Å². The summed E-state index contributed by atoms with van der Waals surface area (Å²) in [5, 5.41) is 3.90. The van der Waals surface area contributed by atoms with Crippen molar-refractivity contribution in [1.82, 2.24) is 0 Å². The first kappa shape index (κ1) is 16.5. The molecule has 1 aromatic heterocycles. The summed E-state index contributed by atoms with van der Waals surface area (Å²) >= 11 is 6.09. The SMILES string of the molecule is Cc1c(C(=O)Nc2ccc(S(C)(=O)=O)cc2)oc2c(Cl)cccc12. The lowest BCUT2D eigenvalue weighted by atomic mass is 10.1. The highest BCUT2D eigenvalue weighted by molar-refractivity contribution is 7.90. The van der Waals surface area contributed by atoms with Crippen LogP contribution in [0.25, 0.3) is 11.0 Å². The van der Waals surface area contributed by atoms with E-state index in [1.807, 2.05) is 6.07 Å². The van der Waals surface area contributed by atoms with Gasteiger partial charge in [0.1, 0.15) is 0 Å². The molecule has 0 fully saturated rings. The Hall–Kier alpha value is -2.31. The van der Waals surface area contributed by atoms with E-state index in [2.05, 4.69) is 5.32 Å². The number of halogens is 1. The largest absolute Gasteiger partial charge is 0.449 e. The maximum absolute atomic E-state index is 12.4. The predicted molar refractivity (Wildman–Crippen MR) is 93.5 cm³/mol. The van der Waals surface area contributed by atoms with E-state index in [0.717, 1.165) is 11.6 Å². The summed E-state index contributed by atoms with van der Waals surface area (Å²) in [4.78, 5) is 12.6.